The second kappa shape index (κ2) is 8.22. The lowest BCUT2D eigenvalue weighted by Gasteiger charge is -2.38. The predicted octanol–water partition coefficient (Wildman–Crippen LogP) is 3.62. The largest absolute Gasteiger partial charge is 0.388 e. The average molecular weight is 410 g/mol. The molecule has 0 atom stereocenters. The molecular formula is C23H27N3O2S. The Morgan fingerprint density at radius 1 is 1.10 bits per heavy atom. The maximum absolute atomic E-state index is 12.3. The molecule has 5 nitrogen and oxygen atoms in total. The zero-order valence-electron chi connectivity index (χ0n) is 17.0. The van der Waals surface area contributed by atoms with Crippen LogP contribution in [0.4, 0.5) is 0 Å². The number of hydrogen-bond acceptors (Lipinski definition) is 5. The number of nitrogens with zero attached hydrogens (tertiary/aromatic N) is 3. The van der Waals surface area contributed by atoms with Crippen molar-refractivity contribution in [1.82, 2.24) is 14.7 Å². The van der Waals surface area contributed by atoms with Crippen LogP contribution in [0.5, 0.6) is 0 Å². The smallest absolute Gasteiger partial charge is 0.266 e. The van der Waals surface area contributed by atoms with Gasteiger partial charge in [-0.3, -0.25) is 9.69 Å². The summed E-state index contributed by atoms with van der Waals surface area (Å²) >= 11 is 1.59. The van der Waals surface area contributed by atoms with Gasteiger partial charge in [-0.15, -0.1) is 11.3 Å². The van der Waals surface area contributed by atoms with Gasteiger partial charge in [0, 0.05) is 25.7 Å². The van der Waals surface area contributed by atoms with E-state index in [1.807, 2.05) is 17.5 Å². The van der Waals surface area contributed by atoms with Crippen LogP contribution in [-0.4, -0.2) is 38.5 Å². The van der Waals surface area contributed by atoms with E-state index < -0.39 is 5.60 Å². The number of benzene rings is 1. The van der Waals surface area contributed by atoms with Gasteiger partial charge in [0.25, 0.3) is 5.56 Å². The van der Waals surface area contributed by atoms with Crippen molar-refractivity contribution in [2.24, 2.45) is 0 Å². The van der Waals surface area contributed by atoms with E-state index in [2.05, 4.69) is 42.0 Å². The fourth-order valence-corrected chi connectivity index (χ4v) is 4.53. The van der Waals surface area contributed by atoms with E-state index in [1.54, 1.807) is 23.5 Å². The van der Waals surface area contributed by atoms with Crippen LogP contribution in [0, 0.1) is 13.8 Å². The van der Waals surface area contributed by atoms with Crippen LogP contribution >= 0.6 is 11.3 Å². The maximum Gasteiger partial charge on any atom is 0.266 e. The number of aromatic nitrogens is 2. The third-order valence-electron chi connectivity index (χ3n) is 5.85. The molecule has 0 amide bonds. The molecule has 0 spiro atoms. The molecular weight excluding hydrogens is 382 g/mol. The summed E-state index contributed by atoms with van der Waals surface area (Å²) in [7, 11) is 0. The molecule has 0 saturated carbocycles. The summed E-state index contributed by atoms with van der Waals surface area (Å²) in [4.78, 5) is 15.7. The Morgan fingerprint density at radius 2 is 1.90 bits per heavy atom. The molecule has 4 rings (SSSR count). The Labute approximate surface area is 175 Å². The molecule has 0 unspecified atom stereocenters. The molecule has 29 heavy (non-hydrogen) atoms. The molecule has 6 heteroatoms. The molecule has 3 aromatic rings. The highest BCUT2D eigenvalue weighted by atomic mass is 32.1. The molecule has 0 bridgehead atoms. The minimum atomic E-state index is -0.898. The minimum Gasteiger partial charge on any atom is -0.388 e. The van der Waals surface area contributed by atoms with E-state index in [0.29, 0.717) is 12.8 Å². The first-order valence-corrected chi connectivity index (χ1v) is 10.9. The molecule has 1 aliphatic heterocycles. The maximum atomic E-state index is 12.3. The van der Waals surface area contributed by atoms with Crippen molar-refractivity contribution in [2.75, 3.05) is 13.1 Å². The molecule has 2 aromatic heterocycles. The topological polar surface area (TPSA) is 58.4 Å². The van der Waals surface area contributed by atoms with E-state index in [1.165, 1.54) is 21.4 Å². The van der Waals surface area contributed by atoms with Crippen molar-refractivity contribution in [3.63, 3.8) is 0 Å². The van der Waals surface area contributed by atoms with Gasteiger partial charge in [0.15, 0.2) is 0 Å². The van der Waals surface area contributed by atoms with Crippen molar-refractivity contribution < 1.29 is 5.11 Å². The normalized spacial score (nSPS) is 16.8. The average Bonchev–Trinajstić information content (AvgIpc) is 3.23. The van der Waals surface area contributed by atoms with E-state index in [4.69, 9.17) is 0 Å². The first-order valence-electron chi connectivity index (χ1n) is 10.0. The molecule has 0 radical (unpaired) electrons. The van der Waals surface area contributed by atoms with Gasteiger partial charge in [0.2, 0.25) is 0 Å². The number of thiophene rings is 1. The fourth-order valence-electron chi connectivity index (χ4n) is 3.84. The fraction of sp³-hybridized carbons (Fsp3) is 0.391. The number of aliphatic hydroxyl groups is 1. The van der Waals surface area contributed by atoms with Gasteiger partial charge < -0.3 is 5.11 Å². The van der Waals surface area contributed by atoms with E-state index in [9.17, 15) is 9.90 Å². The second-order valence-corrected chi connectivity index (χ2v) is 9.06. The Balaban J connectivity index is 1.41. The molecule has 1 fully saturated rings. The summed E-state index contributed by atoms with van der Waals surface area (Å²) in [6.07, 6.45) is 1.27. The van der Waals surface area contributed by atoms with Crippen molar-refractivity contribution >= 4 is 11.3 Å². The summed E-state index contributed by atoms with van der Waals surface area (Å²) in [6, 6.07) is 13.8. The zero-order valence-corrected chi connectivity index (χ0v) is 17.8. The van der Waals surface area contributed by atoms with E-state index in [-0.39, 0.29) is 12.1 Å². The highest BCUT2D eigenvalue weighted by Gasteiger charge is 2.33. The first-order chi connectivity index (χ1) is 13.9. The minimum absolute atomic E-state index is 0.170. The number of likely N-dealkylation sites (tertiary alicyclic amines) is 1. The molecule has 3 heterocycles. The van der Waals surface area contributed by atoms with Crippen LogP contribution in [-0.2, 0) is 13.1 Å². The van der Waals surface area contributed by atoms with Gasteiger partial charge in [0.05, 0.1) is 17.0 Å². The third kappa shape index (κ3) is 4.66. The Bertz CT molecular complexity index is 1030. The monoisotopic (exact) mass is 409 g/mol. The lowest BCUT2D eigenvalue weighted by molar-refractivity contribution is -0.0389. The van der Waals surface area contributed by atoms with Gasteiger partial charge in [0.1, 0.15) is 5.69 Å². The molecule has 1 saturated heterocycles. The molecule has 1 aromatic carbocycles. The van der Waals surface area contributed by atoms with Crippen LogP contribution in [0.25, 0.3) is 10.6 Å². The van der Waals surface area contributed by atoms with Crippen LogP contribution in [0.3, 0.4) is 0 Å². The van der Waals surface area contributed by atoms with E-state index in [0.717, 1.165) is 30.2 Å². The molecule has 0 aliphatic carbocycles. The number of piperidine rings is 1. The van der Waals surface area contributed by atoms with Gasteiger partial charge in [-0.05, 0) is 60.9 Å². The number of aryl methyl sites for hydroxylation is 2. The second-order valence-electron chi connectivity index (χ2n) is 8.11. The van der Waals surface area contributed by atoms with E-state index >= 15 is 0 Å². The Kier molecular flexibility index (Phi) is 5.67. The van der Waals surface area contributed by atoms with Gasteiger partial charge in [-0.1, -0.05) is 24.3 Å². The predicted molar refractivity (Wildman–Crippen MR) is 117 cm³/mol. The van der Waals surface area contributed by atoms with Gasteiger partial charge in [-0.25, -0.2) is 4.68 Å². The summed E-state index contributed by atoms with van der Waals surface area (Å²) in [6.45, 7) is 7.02. The molecule has 152 valence electrons. The molecule has 1 aliphatic rings. The Morgan fingerprint density at radius 3 is 2.59 bits per heavy atom. The summed E-state index contributed by atoms with van der Waals surface area (Å²) < 4.78 is 1.42. The third-order valence-corrected chi connectivity index (χ3v) is 6.74. The number of rotatable bonds is 5. The Hall–Kier alpha value is -2.28. The highest BCUT2D eigenvalue weighted by Crippen LogP contribution is 2.26. The van der Waals surface area contributed by atoms with Crippen LogP contribution < -0.4 is 5.56 Å². The van der Waals surface area contributed by atoms with Crippen molar-refractivity contribution in [3.8, 4) is 10.6 Å². The van der Waals surface area contributed by atoms with Crippen LogP contribution in [0.2, 0.25) is 0 Å². The summed E-state index contributed by atoms with van der Waals surface area (Å²) in [5, 5.41) is 17.6. The van der Waals surface area contributed by atoms with Crippen LogP contribution in [0.1, 0.15) is 29.5 Å². The van der Waals surface area contributed by atoms with Crippen molar-refractivity contribution in [3.05, 3.63) is 74.9 Å². The molecule has 1 N–H and O–H groups in total. The quantitative estimate of drug-likeness (QED) is 0.699. The van der Waals surface area contributed by atoms with Crippen molar-refractivity contribution in [2.45, 2.75) is 45.4 Å². The van der Waals surface area contributed by atoms with Gasteiger partial charge in [-0.2, -0.15) is 5.10 Å². The standard InChI is InChI=1S/C23H27N3O2S/c1-17-5-6-19(14-18(17)2)15-25-11-9-23(28,10-12-25)16-26-22(27)8-7-20(24-26)21-4-3-13-29-21/h3-8,13-14,28H,9-12,15-16H2,1-2H3. The van der Waals surface area contributed by atoms with Gasteiger partial charge >= 0.3 is 0 Å². The summed E-state index contributed by atoms with van der Waals surface area (Å²) in [5.41, 5.74) is 3.63. The summed E-state index contributed by atoms with van der Waals surface area (Å²) in [5.74, 6) is 0. The lowest BCUT2D eigenvalue weighted by Crippen LogP contribution is -2.48. The first kappa shape index (κ1) is 20.0. The zero-order chi connectivity index (χ0) is 20.4. The SMILES string of the molecule is Cc1ccc(CN2CCC(O)(Cn3nc(-c4cccs4)ccc3=O)CC2)cc1C. The number of hydrogen-bond donors (Lipinski definition) is 1. The van der Waals surface area contributed by atoms with Crippen LogP contribution in [0.15, 0.2) is 52.6 Å². The highest BCUT2D eigenvalue weighted by molar-refractivity contribution is 7.13. The van der Waals surface area contributed by atoms with Crippen molar-refractivity contribution in [1.29, 1.82) is 0 Å². The lowest BCUT2D eigenvalue weighted by atomic mass is 9.91.